The number of hydrogen-bond donors (Lipinski definition) is 0. The topological polar surface area (TPSA) is 78.9 Å². The maximum Gasteiger partial charge on any atom is 0.327 e. The van der Waals surface area contributed by atoms with Crippen molar-refractivity contribution >= 4 is 17.7 Å². The number of hydrogen-bond acceptors (Lipinski definition) is 6. The van der Waals surface area contributed by atoms with Crippen LogP contribution in [0.5, 0.6) is 0 Å². The molecule has 1 aliphatic heterocycles. The van der Waals surface area contributed by atoms with Crippen molar-refractivity contribution in [3.8, 4) is 0 Å². The summed E-state index contributed by atoms with van der Waals surface area (Å²) in [6, 6.07) is 18.2. The lowest BCUT2D eigenvalue weighted by atomic mass is 9.57. The molecule has 186 valence electrons. The van der Waals surface area contributed by atoms with Gasteiger partial charge in [-0.15, -0.1) is 0 Å². The van der Waals surface area contributed by atoms with E-state index < -0.39 is 35.0 Å². The zero-order valence-corrected chi connectivity index (χ0v) is 20.7. The zero-order chi connectivity index (χ0) is 25.1. The summed E-state index contributed by atoms with van der Waals surface area (Å²) in [7, 11) is 0. The summed E-state index contributed by atoms with van der Waals surface area (Å²) in [6.45, 7) is 5.71. The van der Waals surface area contributed by atoms with Crippen molar-refractivity contribution in [3.63, 3.8) is 0 Å². The summed E-state index contributed by atoms with van der Waals surface area (Å²) < 4.78 is 18.0. The molecule has 4 rings (SSSR count). The molecule has 0 unspecified atom stereocenters. The van der Waals surface area contributed by atoms with Gasteiger partial charge in [0.2, 0.25) is 5.41 Å². The minimum absolute atomic E-state index is 0.0781. The molecule has 35 heavy (non-hydrogen) atoms. The Morgan fingerprint density at radius 1 is 0.857 bits per heavy atom. The summed E-state index contributed by atoms with van der Waals surface area (Å²) in [5, 5.41) is 0. The van der Waals surface area contributed by atoms with E-state index in [0.29, 0.717) is 24.3 Å². The van der Waals surface area contributed by atoms with Crippen LogP contribution in [0.25, 0.3) is 0 Å². The van der Waals surface area contributed by atoms with E-state index in [2.05, 4.69) is 6.92 Å². The number of carbonyl (C=O) groups excluding carboxylic acids is 3. The maximum atomic E-state index is 14.3. The molecule has 2 aliphatic rings. The van der Waals surface area contributed by atoms with E-state index in [1.807, 2.05) is 36.4 Å². The van der Waals surface area contributed by atoms with Crippen LogP contribution in [0.3, 0.4) is 0 Å². The quantitative estimate of drug-likeness (QED) is 0.305. The van der Waals surface area contributed by atoms with Crippen molar-refractivity contribution in [2.24, 2.45) is 17.3 Å². The third-order valence-corrected chi connectivity index (χ3v) is 7.59. The molecule has 2 fully saturated rings. The van der Waals surface area contributed by atoms with Gasteiger partial charge in [0.1, 0.15) is 0 Å². The van der Waals surface area contributed by atoms with Gasteiger partial charge >= 0.3 is 11.9 Å². The third kappa shape index (κ3) is 4.18. The van der Waals surface area contributed by atoms with Crippen molar-refractivity contribution < 1.29 is 28.6 Å². The SMILES string of the molecule is CCOC(=O)C1(C(=O)OCC)[C@H](C(=O)c2ccccc2)[C@@H](c2ccccc2)OC12CCC(C)CC2. The first kappa shape index (κ1) is 25.1. The first-order valence-corrected chi connectivity index (χ1v) is 12.6. The predicted octanol–water partition coefficient (Wildman–Crippen LogP) is 5.32. The molecule has 0 N–H and O–H groups in total. The van der Waals surface area contributed by atoms with Crippen LogP contribution in [0, 0.1) is 17.3 Å². The van der Waals surface area contributed by atoms with Crippen molar-refractivity contribution in [2.75, 3.05) is 13.2 Å². The number of benzene rings is 2. The highest BCUT2D eigenvalue weighted by atomic mass is 16.6. The molecule has 0 radical (unpaired) electrons. The van der Waals surface area contributed by atoms with Gasteiger partial charge in [-0.3, -0.25) is 14.4 Å². The predicted molar refractivity (Wildman–Crippen MR) is 131 cm³/mol. The van der Waals surface area contributed by atoms with Gasteiger partial charge < -0.3 is 14.2 Å². The maximum absolute atomic E-state index is 14.3. The number of rotatable bonds is 7. The normalized spacial score (nSPS) is 27.3. The molecular formula is C29H34O6. The summed E-state index contributed by atoms with van der Waals surface area (Å²) in [4.78, 5) is 42.3. The fourth-order valence-electron chi connectivity index (χ4n) is 5.87. The molecule has 0 bridgehead atoms. The highest BCUT2D eigenvalue weighted by Crippen LogP contribution is 2.63. The van der Waals surface area contributed by atoms with Gasteiger partial charge in [-0.2, -0.15) is 0 Å². The number of ketones is 1. The second kappa shape index (κ2) is 10.3. The van der Waals surface area contributed by atoms with E-state index in [-0.39, 0.29) is 19.0 Å². The number of carbonyl (C=O) groups is 3. The van der Waals surface area contributed by atoms with E-state index >= 15 is 0 Å². The monoisotopic (exact) mass is 478 g/mol. The number of Topliss-reactive ketones (excluding diaryl/α,β-unsaturated/α-hetero) is 1. The Morgan fingerprint density at radius 2 is 1.37 bits per heavy atom. The largest absolute Gasteiger partial charge is 0.465 e. The van der Waals surface area contributed by atoms with E-state index in [0.717, 1.165) is 18.4 Å². The number of esters is 2. The van der Waals surface area contributed by atoms with Crippen LogP contribution in [0.15, 0.2) is 60.7 Å². The van der Waals surface area contributed by atoms with E-state index in [1.165, 1.54) is 0 Å². The van der Waals surface area contributed by atoms with E-state index in [1.54, 1.807) is 38.1 Å². The molecule has 1 heterocycles. The zero-order valence-electron chi connectivity index (χ0n) is 20.7. The lowest BCUT2D eigenvalue weighted by Crippen LogP contribution is -2.61. The van der Waals surface area contributed by atoms with Gasteiger partial charge in [-0.05, 0) is 51.0 Å². The Balaban J connectivity index is 2.00. The van der Waals surface area contributed by atoms with Crippen molar-refractivity contribution in [3.05, 3.63) is 71.8 Å². The fourth-order valence-corrected chi connectivity index (χ4v) is 5.87. The first-order chi connectivity index (χ1) is 16.9. The molecule has 2 atom stereocenters. The number of ether oxygens (including phenoxy) is 3. The third-order valence-electron chi connectivity index (χ3n) is 7.59. The molecule has 1 aliphatic carbocycles. The van der Waals surface area contributed by atoms with Crippen LogP contribution >= 0.6 is 0 Å². The Morgan fingerprint density at radius 3 is 1.89 bits per heavy atom. The summed E-state index contributed by atoms with van der Waals surface area (Å²) in [5.74, 6) is -2.50. The van der Waals surface area contributed by atoms with Crippen molar-refractivity contribution in [1.29, 1.82) is 0 Å². The van der Waals surface area contributed by atoms with Gasteiger partial charge in [0.25, 0.3) is 0 Å². The van der Waals surface area contributed by atoms with Gasteiger partial charge in [0, 0.05) is 5.56 Å². The molecule has 6 nitrogen and oxygen atoms in total. The lowest BCUT2D eigenvalue weighted by Gasteiger charge is -2.45. The molecule has 2 aromatic rings. The summed E-state index contributed by atoms with van der Waals surface area (Å²) in [5.41, 5.74) is -1.95. The van der Waals surface area contributed by atoms with Crippen molar-refractivity contribution in [2.45, 2.75) is 58.2 Å². The Bertz CT molecular complexity index is 1020. The average molecular weight is 479 g/mol. The highest BCUT2D eigenvalue weighted by Gasteiger charge is 2.77. The second-order valence-electron chi connectivity index (χ2n) is 9.58. The molecular weight excluding hydrogens is 444 g/mol. The first-order valence-electron chi connectivity index (χ1n) is 12.6. The average Bonchev–Trinajstić information content (AvgIpc) is 3.18. The lowest BCUT2D eigenvalue weighted by molar-refractivity contribution is -0.193. The van der Waals surface area contributed by atoms with Crippen LogP contribution in [-0.2, 0) is 23.8 Å². The second-order valence-corrected chi connectivity index (χ2v) is 9.58. The minimum atomic E-state index is -1.91. The van der Waals surface area contributed by atoms with Crippen LogP contribution in [0.4, 0.5) is 0 Å². The van der Waals surface area contributed by atoms with Crippen LogP contribution in [0.1, 0.15) is 68.5 Å². The summed E-state index contributed by atoms with van der Waals surface area (Å²) in [6.07, 6.45) is 1.68. The molecule has 1 spiro atoms. The fraction of sp³-hybridized carbons (Fsp3) is 0.483. The Labute approximate surface area is 207 Å². The molecule has 6 heteroatoms. The Kier molecular flexibility index (Phi) is 7.41. The smallest absolute Gasteiger partial charge is 0.327 e. The molecule has 1 saturated heterocycles. The van der Waals surface area contributed by atoms with Crippen LogP contribution < -0.4 is 0 Å². The molecule has 0 amide bonds. The van der Waals surface area contributed by atoms with Crippen LogP contribution in [0.2, 0.25) is 0 Å². The van der Waals surface area contributed by atoms with Gasteiger partial charge in [-0.25, -0.2) is 0 Å². The minimum Gasteiger partial charge on any atom is -0.465 e. The van der Waals surface area contributed by atoms with E-state index in [4.69, 9.17) is 14.2 Å². The standard InChI is InChI=1S/C29H34O6/c1-4-33-26(31)29(27(32)34-5-2)23(24(30)21-12-8-6-9-13-21)25(22-14-10-7-11-15-22)35-28(29)18-16-20(3)17-19-28/h6-15,20,23,25H,4-5,16-19H2,1-3H3/t20?,23-,25-,28?/m1/s1. The molecule has 2 aromatic carbocycles. The van der Waals surface area contributed by atoms with Gasteiger partial charge in [-0.1, -0.05) is 67.6 Å². The molecule has 1 saturated carbocycles. The van der Waals surface area contributed by atoms with Gasteiger partial charge in [0.05, 0.1) is 30.8 Å². The highest BCUT2D eigenvalue weighted by molar-refractivity contribution is 6.11. The Hall–Kier alpha value is -2.99. The van der Waals surface area contributed by atoms with Crippen molar-refractivity contribution in [1.82, 2.24) is 0 Å². The van der Waals surface area contributed by atoms with Gasteiger partial charge in [0.15, 0.2) is 5.78 Å². The van der Waals surface area contributed by atoms with Crippen LogP contribution in [-0.4, -0.2) is 36.5 Å². The summed E-state index contributed by atoms with van der Waals surface area (Å²) >= 11 is 0. The molecule has 0 aromatic heterocycles. The van der Waals surface area contributed by atoms with E-state index in [9.17, 15) is 14.4 Å².